The molecule has 1 aromatic rings. The molecule has 2 N–H and O–H groups in total. The summed E-state index contributed by atoms with van der Waals surface area (Å²) < 4.78 is 39.0. The van der Waals surface area contributed by atoms with Crippen molar-refractivity contribution < 1.29 is 18.0 Å². The second kappa shape index (κ2) is 8.55. The van der Waals surface area contributed by atoms with Gasteiger partial charge in [0.1, 0.15) is 0 Å². The van der Waals surface area contributed by atoms with E-state index in [-0.39, 0.29) is 37.0 Å². The number of hydrogen-bond acceptors (Lipinski definition) is 2. The van der Waals surface area contributed by atoms with Gasteiger partial charge in [-0.15, -0.1) is 12.4 Å². The Morgan fingerprint density at radius 1 is 1.17 bits per heavy atom. The van der Waals surface area contributed by atoms with E-state index in [9.17, 15) is 18.0 Å². The Morgan fingerprint density at radius 3 is 2.13 bits per heavy atom. The third-order valence-corrected chi connectivity index (χ3v) is 4.27. The third-order valence-electron chi connectivity index (χ3n) is 4.27. The Hall–Kier alpha value is -1.27. The van der Waals surface area contributed by atoms with Gasteiger partial charge in [0.25, 0.3) is 0 Å². The lowest BCUT2D eigenvalue weighted by molar-refractivity contribution is -0.143. The Bertz CT molecular complexity index is 508. The van der Waals surface area contributed by atoms with E-state index < -0.39 is 17.2 Å². The monoisotopic (exact) mass is 352 g/mol. The molecule has 0 aromatic heterocycles. The number of carbonyl (C=O) groups excluding carboxylic acids is 1. The number of carbonyl (C=O) groups is 1. The molecule has 1 rings (SSSR count). The molecule has 0 heterocycles. The first kappa shape index (κ1) is 21.7. The van der Waals surface area contributed by atoms with E-state index in [0.717, 1.165) is 6.07 Å². The minimum Gasteiger partial charge on any atom is -0.341 e. The van der Waals surface area contributed by atoms with Crippen molar-refractivity contribution in [2.24, 2.45) is 11.1 Å². The van der Waals surface area contributed by atoms with Crippen LogP contribution < -0.4 is 5.73 Å². The van der Waals surface area contributed by atoms with Gasteiger partial charge in [-0.25, -0.2) is 0 Å². The van der Waals surface area contributed by atoms with Crippen molar-refractivity contribution >= 4 is 18.3 Å². The molecule has 0 aliphatic rings. The molecule has 0 saturated carbocycles. The maximum Gasteiger partial charge on any atom is 0.416 e. The molecule has 7 heteroatoms. The summed E-state index contributed by atoms with van der Waals surface area (Å²) in [5, 5.41) is 0. The van der Waals surface area contributed by atoms with Gasteiger partial charge >= 0.3 is 6.18 Å². The number of alkyl halides is 3. The highest BCUT2D eigenvalue weighted by Gasteiger charge is 2.37. The first-order chi connectivity index (χ1) is 10.2. The van der Waals surface area contributed by atoms with Crippen LogP contribution in [0.5, 0.6) is 0 Å². The molecule has 0 atom stereocenters. The molecule has 0 radical (unpaired) electrons. The van der Waals surface area contributed by atoms with E-state index in [1.54, 1.807) is 6.07 Å². The molecule has 1 amide bonds. The smallest absolute Gasteiger partial charge is 0.341 e. The fourth-order valence-electron chi connectivity index (χ4n) is 2.60. The number of amides is 1. The van der Waals surface area contributed by atoms with Crippen LogP contribution in [0.25, 0.3) is 0 Å². The normalized spacial score (nSPS) is 11.8. The molecular formula is C16H24ClF3N2O. The van der Waals surface area contributed by atoms with Crippen molar-refractivity contribution in [1.29, 1.82) is 0 Å². The molecule has 0 fully saturated rings. The lowest BCUT2D eigenvalue weighted by Gasteiger charge is -2.33. The van der Waals surface area contributed by atoms with Crippen molar-refractivity contribution in [2.75, 3.05) is 13.6 Å². The van der Waals surface area contributed by atoms with Gasteiger partial charge in [0, 0.05) is 20.1 Å². The molecule has 3 nitrogen and oxygen atoms in total. The van der Waals surface area contributed by atoms with E-state index in [4.69, 9.17) is 5.73 Å². The van der Waals surface area contributed by atoms with Crippen LogP contribution in [0.3, 0.4) is 0 Å². The highest BCUT2D eigenvalue weighted by atomic mass is 35.5. The van der Waals surface area contributed by atoms with Crippen LogP contribution in [0.1, 0.15) is 37.8 Å². The van der Waals surface area contributed by atoms with Gasteiger partial charge in [0.2, 0.25) is 5.91 Å². The molecule has 0 aliphatic carbocycles. The van der Waals surface area contributed by atoms with Crippen molar-refractivity contribution in [3.8, 4) is 0 Å². The van der Waals surface area contributed by atoms with E-state index in [1.807, 2.05) is 13.8 Å². The maximum absolute atomic E-state index is 13.0. The lowest BCUT2D eigenvalue weighted by atomic mass is 9.81. The molecular weight excluding hydrogens is 329 g/mol. The molecule has 0 unspecified atom stereocenters. The molecule has 0 saturated heterocycles. The van der Waals surface area contributed by atoms with E-state index in [0.29, 0.717) is 12.8 Å². The van der Waals surface area contributed by atoms with Crippen molar-refractivity contribution in [3.63, 3.8) is 0 Å². The minimum atomic E-state index is -4.43. The molecule has 0 aliphatic heterocycles. The Balaban J connectivity index is 0.00000484. The summed E-state index contributed by atoms with van der Waals surface area (Å²) in [4.78, 5) is 13.9. The fraction of sp³-hybridized carbons (Fsp3) is 0.562. The SMILES string of the molecule is CCC(CC)(CN)C(=O)N(C)Cc1ccccc1C(F)(F)F.Cl. The standard InChI is InChI=1S/C16H23F3N2O.ClH/c1-4-15(5-2,11-20)14(22)21(3)10-12-8-6-7-9-13(12)16(17,18)19;/h6-9H,4-5,10-11,20H2,1-3H3;1H. The third kappa shape index (κ3) is 4.85. The molecule has 23 heavy (non-hydrogen) atoms. The van der Waals surface area contributed by atoms with Crippen LogP contribution in [0.4, 0.5) is 13.2 Å². The van der Waals surface area contributed by atoms with E-state index in [1.165, 1.54) is 24.1 Å². The summed E-state index contributed by atoms with van der Waals surface area (Å²) in [5.41, 5.74) is 4.41. The van der Waals surface area contributed by atoms with Gasteiger partial charge in [-0.05, 0) is 24.5 Å². The molecule has 132 valence electrons. The highest BCUT2D eigenvalue weighted by Crippen LogP contribution is 2.33. The highest BCUT2D eigenvalue weighted by molar-refractivity contribution is 5.85. The van der Waals surface area contributed by atoms with Crippen LogP contribution >= 0.6 is 12.4 Å². The first-order valence-electron chi connectivity index (χ1n) is 7.32. The summed E-state index contributed by atoms with van der Waals surface area (Å²) in [5.74, 6) is -0.211. The quantitative estimate of drug-likeness (QED) is 0.845. The zero-order chi connectivity index (χ0) is 17.0. The van der Waals surface area contributed by atoms with Crippen LogP contribution in [0.15, 0.2) is 24.3 Å². The van der Waals surface area contributed by atoms with Gasteiger partial charge in [-0.2, -0.15) is 13.2 Å². The number of nitrogens with two attached hydrogens (primary N) is 1. The average molecular weight is 353 g/mol. The Kier molecular flexibility index (Phi) is 8.07. The van der Waals surface area contributed by atoms with Crippen LogP contribution in [-0.2, 0) is 17.5 Å². The second-order valence-electron chi connectivity index (χ2n) is 5.51. The zero-order valence-corrected chi connectivity index (χ0v) is 14.4. The summed E-state index contributed by atoms with van der Waals surface area (Å²) in [6.45, 7) is 3.83. The maximum atomic E-state index is 13.0. The summed E-state index contributed by atoms with van der Waals surface area (Å²) in [6, 6.07) is 5.31. The van der Waals surface area contributed by atoms with Gasteiger partial charge in [0.05, 0.1) is 11.0 Å². The van der Waals surface area contributed by atoms with Crippen molar-refractivity contribution in [2.45, 2.75) is 39.4 Å². The van der Waals surface area contributed by atoms with Crippen LogP contribution in [0.2, 0.25) is 0 Å². The van der Waals surface area contributed by atoms with Crippen molar-refractivity contribution in [1.82, 2.24) is 4.90 Å². The van der Waals surface area contributed by atoms with Gasteiger partial charge in [0.15, 0.2) is 0 Å². The van der Waals surface area contributed by atoms with Gasteiger partial charge in [-0.1, -0.05) is 32.0 Å². The number of benzene rings is 1. The summed E-state index contributed by atoms with van der Waals surface area (Å²) in [7, 11) is 1.52. The first-order valence-corrected chi connectivity index (χ1v) is 7.32. The number of halogens is 4. The fourth-order valence-corrected chi connectivity index (χ4v) is 2.60. The predicted octanol–water partition coefficient (Wildman–Crippen LogP) is 3.85. The zero-order valence-electron chi connectivity index (χ0n) is 13.6. The predicted molar refractivity (Wildman–Crippen MR) is 87.2 cm³/mol. The van der Waals surface area contributed by atoms with Gasteiger partial charge < -0.3 is 10.6 Å². The number of rotatable bonds is 6. The van der Waals surface area contributed by atoms with Crippen molar-refractivity contribution in [3.05, 3.63) is 35.4 Å². The summed E-state index contributed by atoms with van der Waals surface area (Å²) >= 11 is 0. The second-order valence-corrected chi connectivity index (χ2v) is 5.51. The topological polar surface area (TPSA) is 46.3 Å². The van der Waals surface area contributed by atoms with Crippen LogP contribution in [0, 0.1) is 5.41 Å². The van der Waals surface area contributed by atoms with Crippen LogP contribution in [-0.4, -0.2) is 24.4 Å². The molecule has 0 spiro atoms. The molecule has 0 bridgehead atoms. The lowest BCUT2D eigenvalue weighted by Crippen LogP contribution is -2.45. The molecule has 1 aromatic carbocycles. The average Bonchev–Trinajstić information content (AvgIpc) is 2.48. The largest absolute Gasteiger partial charge is 0.416 e. The van der Waals surface area contributed by atoms with Gasteiger partial charge in [-0.3, -0.25) is 4.79 Å². The van der Waals surface area contributed by atoms with E-state index in [2.05, 4.69) is 0 Å². The summed E-state index contributed by atoms with van der Waals surface area (Å²) in [6.07, 6.45) is -3.31. The number of hydrogen-bond donors (Lipinski definition) is 1. The minimum absolute atomic E-state index is 0. The Morgan fingerprint density at radius 2 is 1.70 bits per heavy atom. The van der Waals surface area contributed by atoms with E-state index >= 15 is 0 Å². The number of nitrogens with zero attached hydrogens (tertiary/aromatic N) is 1. The Labute approximate surface area is 141 Å².